The maximum Gasteiger partial charge on any atom is 0.419 e. The third-order valence-electron chi connectivity index (χ3n) is 3.48. The molecule has 0 radical (unpaired) electrons. The van der Waals surface area contributed by atoms with Crippen LogP contribution in [0.5, 0.6) is 5.75 Å². The molecule has 0 saturated carbocycles. The minimum atomic E-state index is -4.65. The number of carbonyl (C=O) groups excluding carboxylic acids is 1. The number of pyridine rings is 1. The van der Waals surface area contributed by atoms with Crippen molar-refractivity contribution in [3.05, 3.63) is 88.2 Å². The Labute approximate surface area is 145 Å². The summed E-state index contributed by atoms with van der Waals surface area (Å²) in [5, 5.41) is 0. The first-order valence-electron chi connectivity index (χ1n) is 7.47. The molecule has 0 amide bonds. The van der Waals surface area contributed by atoms with Gasteiger partial charge in [0.15, 0.2) is 0 Å². The van der Waals surface area contributed by atoms with Crippen LogP contribution in [0.4, 0.5) is 13.2 Å². The number of hydrogen-bond acceptors (Lipinski definition) is 4. The van der Waals surface area contributed by atoms with Crippen LogP contribution in [0.3, 0.4) is 0 Å². The van der Waals surface area contributed by atoms with Gasteiger partial charge in [-0.15, -0.1) is 0 Å². The lowest BCUT2D eigenvalue weighted by molar-refractivity contribution is -0.138. The summed E-state index contributed by atoms with van der Waals surface area (Å²) in [4.78, 5) is 23.7. The highest BCUT2D eigenvalue weighted by Crippen LogP contribution is 2.36. The second-order valence-electron chi connectivity index (χ2n) is 5.32. The van der Waals surface area contributed by atoms with Gasteiger partial charge >= 0.3 is 12.1 Å². The molecule has 0 aliphatic heterocycles. The summed E-state index contributed by atoms with van der Waals surface area (Å²) >= 11 is 0. The number of nitrogens with zero attached hydrogens (tertiary/aromatic N) is 1. The van der Waals surface area contributed by atoms with Gasteiger partial charge in [0.1, 0.15) is 11.5 Å². The number of furan rings is 1. The number of para-hydroxylation sites is 1. The molecular weight excluding hydrogens is 351 g/mol. The minimum Gasteiger partial charge on any atom is -0.452 e. The largest absolute Gasteiger partial charge is 0.452 e. The average molecular weight is 363 g/mol. The van der Waals surface area contributed by atoms with Crippen molar-refractivity contribution in [2.45, 2.75) is 12.7 Å². The molecule has 3 rings (SSSR count). The molecule has 0 N–H and O–H groups in total. The van der Waals surface area contributed by atoms with E-state index in [4.69, 9.17) is 9.15 Å². The Morgan fingerprint density at radius 3 is 2.50 bits per heavy atom. The maximum absolute atomic E-state index is 12.9. The summed E-state index contributed by atoms with van der Waals surface area (Å²) in [6, 6.07) is 11.7. The van der Waals surface area contributed by atoms with E-state index < -0.39 is 23.5 Å². The Hall–Kier alpha value is -3.29. The Bertz CT molecular complexity index is 988. The van der Waals surface area contributed by atoms with E-state index in [1.54, 1.807) is 18.3 Å². The lowest BCUT2D eigenvalue weighted by Gasteiger charge is -2.11. The molecule has 0 atom stereocenters. The van der Waals surface area contributed by atoms with Gasteiger partial charge in [-0.25, -0.2) is 4.79 Å². The lowest BCUT2D eigenvalue weighted by Crippen LogP contribution is -2.18. The van der Waals surface area contributed by atoms with Crippen molar-refractivity contribution in [2.75, 3.05) is 0 Å². The molecule has 0 saturated heterocycles. The van der Waals surface area contributed by atoms with Gasteiger partial charge in [-0.2, -0.15) is 13.2 Å². The second-order valence-corrected chi connectivity index (χ2v) is 5.32. The lowest BCUT2D eigenvalue weighted by atomic mass is 10.2. The average Bonchev–Trinajstić information content (AvgIpc) is 3.05. The number of alkyl halides is 3. The maximum atomic E-state index is 12.9. The van der Waals surface area contributed by atoms with Gasteiger partial charge in [0, 0.05) is 12.3 Å². The molecular formula is C18H12F3NO4. The highest BCUT2D eigenvalue weighted by molar-refractivity contribution is 5.88. The summed E-state index contributed by atoms with van der Waals surface area (Å²) in [5.41, 5.74) is -1.32. The van der Waals surface area contributed by atoms with Crippen molar-refractivity contribution in [3.63, 3.8) is 0 Å². The van der Waals surface area contributed by atoms with Gasteiger partial charge in [-0.1, -0.05) is 18.2 Å². The zero-order valence-corrected chi connectivity index (χ0v) is 13.2. The standard InChI is InChI=1S/C18H12F3NO4/c19-18(20,21)13-5-1-2-6-14(13)26-17(24)15-9-8-12(25-15)11-22-10-4-3-7-16(22)23/h1-10H,11H2. The zero-order valence-electron chi connectivity index (χ0n) is 13.2. The van der Waals surface area contributed by atoms with Crippen LogP contribution in [-0.2, 0) is 12.7 Å². The summed E-state index contributed by atoms with van der Waals surface area (Å²) < 4.78 is 50.3. The highest BCUT2D eigenvalue weighted by atomic mass is 19.4. The van der Waals surface area contributed by atoms with Crippen molar-refractivity contribution < 1.29 is 27.1 Å². The van der Waals surface area contributed by atoms with Gasteiger partial charge in [-0.05, 0) is 30.3 Å². The number of aromatic nitrogens is 1. The molecule has 5 nitrogen and oxygen atoms in total. The molecule has 0 aliphatic carbocycles. The van der Waals surface area contributed by atoms with E-state index >= 15 is 0 Å². The Morgan fingerprint density at radius 1 is 1.04 bits per heavy atom. The predicted molar refractivity (Wildman–Crippen MR) is 84.9 cm³/mol. The molecule has 2 aromatic heterocycles. The molecule has 134 valence electrons. The van der Waals surface area contributed by atoms with Crippen LogP contribution in [-0.4, -0.2) is 10.5 Å². The smallest absolute Gasteiger partial charge is 0.419 e. The van der Waals surface area contributed by atoms with Crippen LogP contribution in [0.15, 0.2) is 70.0 Å². The Kier molecular flexibility index (Phi) is 4.66. The number of carbonyl (C=O) groups is 1. The van der Waals surface area contributed by atoms with Crippen molar-refractivity contribution >= 4 is 5.97 Å². The summed E-state index contributed by atoms with van der Waals surface area (Å²) in [7, 11) is 0. The number of rotatable bonds is 4. The minimum absolute atomic E-state index is 0.0755. The molecule has 0 fully saturated rings. The monoisotopic (exact) mass is 363 g/mol. The van der Waals surface area contributed by atoms with Crippen LogP contribution in [0, 0.1) is 0 Å². The van der Waals surface area contributed by atoms with Gasteiger partial charge in [0.2, 0.25) is 5.76 Å². The first-order valence-corrected chi connectivity index (χ1v) is 7.47. The Morgan fingerprint density at radius 2 is 1.77 bits per heavy atom. The molecule has 1 aromatic carbocycles. The predicted octanol–water partition coefficient (Wildman–Crippen LogP) is 3.73. The first kappa shape index (κ1) is 17.5. The van der Waals surface area contributed by atoms with Crippen molar-refractivity contribution in [1.29, 1.82) is 0 Å². The van der Waals surface area contributed by atoms with Crippen molar-refractivity contribution in [3.8, 4) is 5.75 Å². The van der Waals surface area contributed by atoms with Crippen molar-refractivity contribution in [1.82, 2.24) is 4.57 Å². The number of ether oxygens (including phenoxy) is 1. The normalized spacial score (nSPS) is 11.3. The third kappa shape index (κ3) is 3.85. The molecule has 8 heteroatoms. The molecule has 3 aromatic rings. The zero-order chi connectivity index (χ0) is 18.7. The number of benzene rings is 1. The quantitative estimate of drug-likeness (QED) is 0.524. The fourth-order valence-electron chi connectivity index (χ4n) is 2.27. The van der Waals surface area contributed by atoms with E-state index in [0.29, 0.717) is 0 Å². The third-order valence-corrected chi connectivity index (χ3v) is 3.48. The van der Waals surface area contributed by atoms with Gasteiger partial charge < -0.3 is 13.7 Å². The summed E-state index contributed by atoms with van der Waals surface area (Å²) in [6.07, 6.45) is -3.11. The molecule has 26 heavy (non-hydrogen) atoms. The van der Waals surface area contributed by atoms with Gasteiger partial charge in [-0.3, -0.25) is 4.79 Å². The van der Waals surface area contributed by atoms with Gasteiger partial charge in [0.05, 0.1) is 12.1 Å². The van der Waals surface area contributed by atoms with Crippen LogP contribution in [0.25, 0.3) is 0 Å². The van der Waals surface area contributed by atoms with Crippen LogP contribution in [0.1, 0.15) is 21.9 Å². The van der Waals surface area contributed by atoms with E-state index in [2.05, 4.69) is 0 Å². The van der Waals surface area contributed by atoms with Crippen LogP contribution in [0.2, 0.25) is 0 Å². The number of halogens is 3. The highest BCUT2D eigenvalue weighted by Gasteiger charge is 2.35. The molecule has 0 bridgehead atoms. The second kappa shape index (κ2) is 6.91. The fourth-order valence-corrected chi connectivity index (χ4v) is 2.27. The van der Waals surface area contributed by atoms with E-state index in [-0.39, 0.29) is 23.6 Å². The van der Waals surface area contributed by atoms with Crippen molar-refractivity contribution in [2.24, 2.45) is 0 Å². The van der Waals surface area contributed by atoms with Crippen LogP contribution < -0.4 is 10.3 Å². The van der Waals surface area contributed by atoms with Crippen LogP contribution >= 0.6 is 0 Å². The number of esters is 1. The molecule has 2 heterocycles. The summed E-state index contributed by atoms with van der Waals surface area (Å²) in [5.74, 6) is -1.65. The fraction of sp³-hybridized carbons (Fsp3) is 0.111. The van der Waals surface area contributed by atoms with E-state index in [0.717, 1.165) is 12.1 Å². The SMILES string of the molecule is O=C(Oc1ccccc1C(F)(F)F)c1ccc(Cn2ccccc2=O)o1. The molecule has 0 unspecified atom stereocenters. The first-order chi connectivity index (χ1) is 12.3. The van der Waals surface area contributed by atoms with E-state index in [9.17, 15) is 22.8 Å². The number of hydrogen-bond donors (Lipinski definition) is 0. The summed E-state index contributed by atoms with van der Waals surface area (Å²) in [6.45, 7) is 0.0755. The van der Waals surface area contributed by atoms with E-state index in [1.165, 1.54) is 34.9 Å². The molecule has 0 aliphatic rings. The molecule has 0 spiro atoms. The topological polar surface area (TPSA) is 61.4 Å². The van der Waals surface area contributed by atoms with E-state index in [1.807, 2.05) is 0 Å². The Balaban J connectivity index is 1.77. The van der Waals surface area contributed by atoms with Gasteiger partial charge in [0.25, 0.3) is 5.56 Å².